The van der Waals surface area contributed by atoms with Gasteiger partial charge in [-0.25, -0.2) is 0 Å². The van der Waals surface area contributed by atoms with Crippen molar-refractivity contribution in [1.82, 2.24) is 0 Å². The first-order chi connectivity index (χ1) is 11.7. The van der Waals surface area contributed by atoms with Crippen LogP contribution in [0.2, 0.25) is 0 Å². The van der Waals surface area contributed by atoms with Gasteiger partial charge in [0, 0.05) is 13.2 Å². The van der Waals surface area contributed by atoms with Gasteiger partial charge in [-0.2, -0.15) is 0 Å². The Morgan fingerprint density at radius 3 is 1.17 bits per heavy atom. The van der Waals surface area contributed by atoms with Gasteiger partial charge in [0.2, 0.25) is 12.6 Å². The lowest BCUT2D eigenvalue weighted by Crippen LogP contribution is -2.20. The Morgan fingerprint density at radius 2 is 0.917 bits per heavy atom. The summed E-state index contributed by atoms with van der Waals surface area (Å²) in [6.45, 7) is 10.5. The fourth-order valence-corrected chi connectivity index (χ4v) is 1.41. The third kappa shape index (κ3) is 19.2. The molecule has 0 heterocycles. The van der Waals surface area contributed by atoms with E-state index in [0.29, 0.717) is 39.0 Å². The number of rotatable bonds is 16. The monoisotopic (exact) mass is 348 g/mol. The molecule has 0 saturated heterocycles. The molecule has 0 amide bonds. The minimum Gasteiger partial charge on any atom is -0.346 e. The van der Waals surface area contributed by atoms with Crippen LogP contribution in [0.15, 0.2) is 0 Å². The van der Waals surface area contributed by atoms with Gasteiger partial charge in [-0.05, 0) is 25.7 Å². The molecule has 0 saturated carbocycles. The molecular formula is C18H36O6. The van der Waals surface area contributed by atoms with Gasteiger partial charge in [-0.1, -0.05) is 40.5 Å². The number of hydrogen-bond acceptors (Lipinski definition) is 6. The number of carbonyl (C=O) groups excluding carboxylic acids is 2. The van der Waals surface area contributed by atoms with E-state index in [1.165, 1.54) is 0 Å². The highest BCUT2D eigenvalue weighted by Crippen LogP contribution is 1.97. The molecule has 0 bridgehead atoms. The predicted octanol–water partition coefficient (Wildman–Crippen LogP) is 3.51. The zero-order valence-electron chi connectivity index (χ0n) is 15.8. The van der Waals surface area contributed by atoms with Crippen molar-refractivity contribution in [3.05, 3.63) is 0 Å². The summed E-state index contributed by atoms with van der Waals surface area (Å²) in [5, 5.41) is 0. The summed E-state index contributed by atoms with van der Waals surface area (Å²) in [6, 6.07) is 0. The van der Waals surface area contributed by atoms with Gasteiger partial charge in [-0.3, -0.25) is 9.59 Å². The smallest absolute Gasteiger partial charge is 0.214 e. The highest BCUT2D eigenvalue weighted by molar-refractivity contribution is 5.54. The molecule has 0 N–H and O–H groups in total. The average Bonchev–Trinajstić information content (AvgIpc) is 2.61. The van der Waals surface area contributed by atoms with Gasteiger partial charge >= 0.3 is 0 Å². The lowest BCUT2D eigenvalue weighted by molar-refractivity contribution is -0.158. The van der Waals surface area contributed by atoms with E-state index in [9.17, 15) is 9.59 Å². The molecule has 0 atom stereocenters. The van der Waals surface area contributed by atoms with Gasteiger partial charge in [0.25, 0.3) is 0 Å². The minimum atomic E-state index is -0.658. The number of hydrogen-bond donors (Lipinski definition) is 0. The third-order valence-corrected chi connectivity index (χ3v) is 2.75. The molecular weight excluding hydrogens is 312 g/mol. The van der Waals surface area contributed by atoms with Crippen molar-refractivity contribution in [1.29, 1.82) is 0 Å². The van der Waals surface area contributed by atoms with Gasteiger partial charge in [-0.15, -0.1) is 0 Å². The highest BCUT2D eigenvalue weighted by atomic mass is 16.7. The van der Waals surface area contributed by atoms with Crippen molar-refractivity contribution in [2.45, 2.75) is 78.8 Å². The second-order valence-corrected chi connectivity index (χ2v) is 5.20. The predicted molar refractivity (Wildman–Crippen MR) is 93.9 cm³/mol. The normalized spacial score (nSPS) is 10.6. The van der Waals surface area contributed by atoms with E-state index in [-0.39, 0.29) is 0 Å². The van der Waals surface area contributed by atoms with Crippen LogP contribution in [0.25, 0.3) is 0 Å². The quantitative estimate of drug-likeness (QED) is 0.241. The first-order valence-corrected chi connectivity index (χ1v) is 9.06. The molecule has 0 aliphatic heterocycles. The molecule has 0 rings (SSSR count). The van der Waals surface area contributed by atoms with Crippen LogP contribution in [0.3, 0.4) is 0 Å². The molecule has 0 aliphatic carbocycles. The molecule has 0 spiro atoms. The van der Waals surface area contributed by atoms with Crippen LogP contribution >= 0.6 is 0 Å². The molecule has 0 aromatic heterocycles. The van der Waals surface area contributed by atoms with Crippen LogP contribution < -0.4 is 0 Å². The Kier molecular flexibility index (Phi) is 23.5. The lowest BCUT2D eigenvalue weighted by Gasteiger charge is -2.11. The van der Waals surface area contributed by atoms with E-state index in [4.69, 9.17) is 18.9 Å². The molecule has 0 aromatic carbocycles. The summed E-state index contributed by atoms with van der Waals surface area (Å²) in [7, 11) is 0. The van der Waals surface area contributed by atoms with Crippen molar-refractivity contribution >= 4 is 12.6 Å². The van der Waals surface area contributed by atoms with E-state index >= 15 is 0 Å². The van der Waals surface area contributed by atoms with Crippen molar-refractivity contribution in [2.75, 3.05) is 26.4 Å². The summed E-state index contributed by atoms with van der Waals surface area (Å²) < 4.78 is 20.5. The molecule has 0 fully saturated rings. The van der Waals surface area contributed by atoms with Crippen LogP contribution in [-0.2, 0) is 28.5 Å². The largest absolute Gasteiger partial charge is 0.346 e. The SMILES string of the molecule is CCCCOC(C=O)OCCCC.CCCOC(C=O)OCCC. The van der Waals surface area contributed by atoms with Crippen molar-refractivity contribution < 1.29 is 28.5 Å². The van der Waals surface area contributed by atoms with E-state index in [2.05, 4.69) is 13.8 Å². The number of aldehydes is 2. The Bertz CT molecular complexity index is 242. The fraction of sp³-hybridized carbons (Fsp3) is 0.889. The maximum atomic E-state index is 10.4. The number of carbonyl (C=O) groups is 2. The standard InChI is InChI=1S/C10H20O3.C8H16O3/c1-3-5-7-12-10(9-11)13-8-6-4-2;1-3-5-10-8(7-9)11-6-4-2/h9-10H,3-8H2,1-2H3;7-8H,3-6H2,1-2H3. The van der Waals surface area contributed by atoms with E-state index in [1.54, 1.807) is 0 Å². The van der Waals surface area contributed by atoms with Crippen molar-refractivity contribution in [3.8, 4) is 0 Å². The summed E-state index contributed by atoms with van der Waals surface area (Å²) >= 11 is 0. The van der Waals surface area contributed by atoms with Crippen LogP contribution in [0.5, 0.6) is 0 Å². The molecule has 144 valence electrons. The Labute approximate surface area is 147 Å². The van der Waals surface area contributed by atoms with Crippen LogP contribution in [0, 0.1) is 0 Å². The highest BCUT2D eigenvalue weighted by Gasteiger charge is 2.06. The summed E-state index contributed by atoms with van der Waals surface area (Å²) in [5.74, 6) is 0. The third-order valence-electron chi connectivity index (χ3n) is 2.75. The van der Waals surface area contributed by atoms with Gasteiger partial charge < -0.3 is 18.9 Å². The lowest BCUT2D eigenvalue weighted by atomic mass is 10.3. The average molecular weight is 348 g/mol. The zero-order chi connectivity index (χ0) is 18.5. The molecule has 0 aliphatic rings. The van der Waals surface area contributed by atoms with E-state index in [0.717, 1.165) is 38.5 Å². The van der Waals surface area contributed by atoms with Gasteiger partial charge in [0.1, 0.15) is 0 Å². The maximum Gasteiger partial charge on any atom is 0.214 e. The number of unbranched alkanes of at least 4 members (excludes halogenated alkanes) is 2. The first kappa shape index (κ1) is 25.4. The zero-order valence-corrected chi connectivity index (χ0v) is 15.8. The van der Waals surface area contributed by atoms with Crippen molar-refractivity contribution in [3.63, 3.8) is 0 Å². The molecule has 6 nitrogen and oxygen atoms in total. The summed E-state index contributed by atoms with van der Waals surface area (Å²) in [4.78, 5) is 20.7. The van der Waals surface area contributed by atoms with Gasteiger partial charge in [0.15, 0.2) is 12.6 Å². The summed E-state index contributed by atoms with van der Waals surface area (Å²) in [6.07, 6.45) is 5.98. The van der Waals surface area contributed by atoms with E-state index in [1.807, 2.05) is 13.8 Å². The summed E-state index contributed by atoms with van der Waals surface area (Å²) in [5.41, 5.74) is 0. The molecule has 0 radical (unpaired) electrons. The molecule has 24 heavy (non-hydrogen) atoms. The van der Waals surface area contributed by atoms with Crippen LogP contribution in [0.1, 0.15) is 66.2 Å². The Balaban J connectivity index is 0. The molecule has 6 heteroatoms. The van der Waals surface area contributed by atoms with Crippen molar-refractivity contribution in [2.24, 2.45) is 0 Å². The Hall–Kier alpha value is -0.820. The first-order valence-electron chi connectivity index (χ1n) is 9.06. The molecule has 0 aromatic rings. The topological polar surface area (TPSA) is 71.1 Å². The maximum absolute atomic E-state index is 10.4. The van der Waals surface area contributed by atoms with E-state index < -0.39 is 12.6 Å². The number of ether oxygens (including phenoxy) is 4. The minimum absolute atomic E-state index is 0.577. The second-order valence-electron chi connectivity index (χ2n) is 5.20. The fourth-order valence-electron chi connectivity index (χ4n) is 1.41. The molecule has 0 unspecified atom stereocenters. The Morgan fingerprint density at radius 1 is 0.583 bits per heavy atom. The second kappa shape index (κ2) is 22.2. The van der Waals surface area contributed by atoms with Gasteiger partial charge in [0.05, 0.1) is 13.2 Å². The van der Waals surface area contributed by atoms with Crippen LogP contribution in [0.4, 0.5) is 0 Å². The van der Waals surface area contributed by atoms with Crippen LogP contribution in [-0.4, -0.2) is 51.6 Å².